The fourth-order valence-electron chi connectivity index (χ4n) is 1.40. The van der Waals surface area contributed by atoms with Gasteiger partial charge in [0.05, 0.1) is 19.9 Å². The van der Waals surface area contributed by atoms with E-state index in [1.54, 1.807) is 32.7 Å². The van der Waals surface area contributed by atoms with E-state index >= 15 is 0 Å². The molecule has 0 spiro atoms. The predicted molar refractivity (Wildman–Crippen MR) is 78.3 cm³/mol. The van der Waals surface area contributed by atoms with Gasteiger partial charge in [-0.15, -0.1) is 5.69 Å². The Labute approximate surface area is 134 Å². The van der Waals surface area contributed by atoms with E-state index in [0.717, 1.165) is 11.4 Å². The molecule has 0 aliphatic heterocycles. The van der Waals surface area contributed by atoms with Crippen LogP contribution in [0.3, 0.4) is 0 Å². The zero-order chi connectivity index (χ0) is 14.8. The van der Waals surface area contributed by atoms with Crippen molar-refractivity contribution in [1.29, 1.82) is 0 Å². The molecule has 0 saturated carbocycles. The third-order valence-corrected chi connectivity index (χ3v) is 2.26. The summed E-state index contributed by atoms with van der Waals surface area (Å²) >= 11 is -0.556. The molecule has 1 aromatic heterocycles. The monoisotopic (exact) mass is 347 g/mol. The van der Waals surface area contributed by atoms with Gasteiger partial charge in [-0.1, -0.05) is 12.1 Å². The number of rotatable bonds is 4. The summed E-state index contributed by atoms with van der Waals surface area (Å²) in [6.07, 6.45) is 3.43. The predicted octanol–water partition coefficient (Wildman–Crippen LogP) is 3.79. The van der Waals surface area contributed by atoms with Crippen molar-refractivity contribution in [3.05, 3.63) is 42.2 Å². The van der Waals surface area contributed by atoms with Crippen molar-refractivity contribution in [3.8, 4) is 11.5 Å². The molecule has 1 aromatic carbocycles. The van der Waals surface area contributed by atoms with E-state index in [0.29, 0.717) is 11.5 Å². The average molecular weight is 348 g/mol. The van der Waals surface area contributed by atoms with Crippen LogP contribution >= 0.6 is 18.6 Å². The summed E-state index contributed by atoms with van der Waals surface area (Å²) in [7, 11) is 13.0. The van der Waals surface area contributed by atoms with Crippen LogP contribution in [-0.2, 0) is 17.0 Å². The molecule has 4 nitrogen and oxygen atoms in total. The van der Waals surface area contributed by atoms with Crippen LogP contribution in [0.25, 0.3) is 0 Å². The number of aliphatic imine (C=N–C) groups is 1. The first-order valence-corrected chi connectivity index (χ1v) is 9.84. The minimum absolute atomic E-state index is 0.556. The Bertz CT molecular complexity index is 511. The normalized spacial score (nSPS) is 9.80. The van der Waals surface area contributed by atoms with Crippen molar-refractivity contribution >= 4 is 30.5 Å². The minimum atomic E-state index is -0.556. The molecule has 7 heteroatoms. The maximum absolute atomic E-state index is 5.16. The summed E-state index contributed by atoms with van der Waals surface area (Å²) in [5.41, 5.74) is 1.59. The first-order valence-electron chi connectivity index (χ1n) is 5.54. The SMILES string of the molecule is COc1cc(N=Cc2ccc[n-]2)cc(OC)c1.[Cl][Ti][Cl]. The molecule has 1 heterocycles. The number of halogens is 2. The van der Waals surface area contributed by atoms with Crippen molar-refractivity contribution in [1.82, 2.24) is 4.98 Å². The number of benzene rings is 1. The molecular formula is C13H13Cl2N2O2Ti-. The summed E-state index contributed by atoms with van der Waals surface area (Å²) in [4.78, 5) is 8.42. The van der Waals surface area contributed by atoms with Gasteiger partial charge < -0.3 is 14.5 Å². The fourth-order valence-corrected chi connectivity index (χ4v) is 1.40. The number of hydrogen-bond acceptors (Lipinski definition) is 3. The van der Waals surface area contributed by atoms with E-state index in [2.05, 4.69) is 9.98 Å². The summed E-state index contributed by atoms with van der Waals surface area (Å²) in [6, 6.07) is 9.23. The van der Waals surface area contributed by atoms with E-state index in [-0.39, 0.29) is 0 Å². The fraction of sp³-hybridized carbons (Fsp3) is 0.154. The molecule has 0 radical (unpaired) electrons. The van der Waals surface area contributed by atoms with Gasteiger partial charge >= 0.3 is 35.6 Å². The van der Waals surface area contributed by atoms with Crippen molar-refractivity contribution in [3.63, 3.8) is 0 Å². The molecule has 0 fully saturated rings. The standard InChI is InChI=1S/C13H13N2O2.2ClH.Ti/c1-16-12-6-11(7-13(8-12)17-2)15-9-10-4-3-5-14-10;;;/h3-9H,1-2H3;2*1H;/q-1;;;+2/p-2. The van der Waals surface area contributed by atoms with Gasteiger partial charge in [0.15, 0.2) is 0 Å². The number of ether oxygens (including phenoxy) is 2. The molecule has 106 valence electrons. The zero-order valence-electron chi connectivity index (χ0n) is 11.0. The molecule has 2 aromatic rings. The van der Waals surface area contributed by atoms with Gasteiger partial charge in [-0.25, -0.2) is 0 Å². The summed E-state index contributed by atoms with van der Waals surface area (Å²) in [6.45, 7) is 0. The average Bonchev–Trinajstić information content (AvgIpc) is 2.99. The Morgan fingerprint density at radius 3 is 2.20 bits per heavy atom. The van der Waals surface area contributed by atoms with Crippen LogP contribution in [0.1, 0.15) is 5.69 Å². The van der Waals surface area contributed by atoms with E-state index in [9.17, 15) is 0 Å². The van der Waals surface area contributed by atoms with Crippen molar-refractivity contribution in [2.24, 2.45) is 4.99 Å². The van der Waals surface area contributed by atoms with Gasteiger partial charge in [0.1, 0.15) is 11.5 Å². The van der Waals surface area contributed by atoms with Gasteiger partial charge in [0, 0.05) is 24.4 Å². The van der Waals surface area contributed by atoms with Gasteiger partial charge in [0.25, 0.3) is 0 Å². The molecule has 0 saturated heterocycles. The summed E-state index contributed by atoms with van der Waals surface area (Å²) in [5.74, 6) is 1.43. The van der Waals surface area contributed by atoms with Crippen LogP contribution in [0, 0.1) is 0 Å². The third kappa shape index (κ3) is 6.01. The second-order valence-corrected chi connectivity index (χ2v) is 6.04. The third-order valence-electron chi connectivity index (χ3n) is 2.26. The molecule has 0 aliphatic rings. The molecule has 0 N–H and O–H groups in total. The molecule has 20 heavy (non-hydrogen) atoms. The van der Waals surface area contributed by atoms with Gasteiger partial charge in [0.2, 0.25) is 0 Å². The molecule has 0 aliphatic carbocycles. The van der Waals surface area contributed by atoms with Crippen LogP contribution in [-0.4, -0.2) is 20.4 Å². The summed E-state index contributed by atoms with van der Waals surface area (Å²) in [5, 5.41) is 0. The Morgan fingerprint density at radius 2 is 1.75 bits per heavy atom. The second kappa shape index (κ2) is 9.89. The number of nitrogens with zero attached hydrogens (tertiary/aromatic N) is 2. The first kappa shape index (κ1) is 17.1. The molecule has 0 bridgehead atoms. The molecule has 2 rings (SSSR count). The van der Waals surface area contributed by atoms with Gasteiger partial charge in [-0.05, 0) is 0 Å². The zero-order valence-corrected chi connectivity index (χ0v) is 14.1. The Balaban J connectivity index is 0.000000612. The maximum atomic E-state index is 5.16. The van der Waals surface area contributed by atoms with E-state index in [4.69, 9.17) is 28.1 Å². The molecule has 0 atom stereocenters. The van der Waals surface area contributed by atoms with Crippen LogP contribution in [0.2, 0.25) is 0 Å². The quantitative estimate of drug-likeness (QED) is 0.624. The van der Waals surface area contributed by atoms with Crippen molar-refractivity contribution in [2.75, 3.05) is 14.2 Å². The van der Waals surface area contributed by atoms with Crippen LogP contribution in [0.4, 0.5) is 5.69 Å². The molecule has 0 unspecified atom stereocenters. The van der Waals surface area contributed by atoms with Crippen LogP contribution < -0.4 is 14.5 Å². The number of aromatic nitrogens is 1. The topological polar surface area (TPSA) is 44.9 Å². The first-order chi connectivity index (χ1) is 9.73. The van der Waals surface area contributed by atoms with Crippen molar-refractivity contribution in [2.45, 2.75) is 0 Å². The van der Waals surface area contributed by atoms with Crippen molar-refractivity contribution < 1.29 is 26.5 Å². The van der Waals surface area contributed by atoms with Crippen LogP contribution in [0.5, 0.6) is 11.5 Å². The van der Waals surface area contributed by atoms with Gasteiger partial charge in [-0.3, -0.25) is 4.99 Å². The van der Waals surface area contributed by atoms with Gasteiger partial charge in [-0.2, -0.15) is 6.20 Å². The Morgan fingerprint density at radius 1 is 1.15 bits per heavy atom. The van der Waals surface area contributed by atoms with E-state index < -0.39 is 17.0 Å². The molecule has 0 amide bonds. The van der Waals surface area contributed by atoms with E-state index in [1.807, 2.05) is 24.3 Å². The Hall–Kier alpha value is -0.936. The van der Waals surface area contributed by atoms with E-state index in [1.165, 1.54) is 0 Å². The van der Waals surface area contributed by atoms with Crippen LogP contribution in [0.15, 0.2) is 41.5 Å². The number of hydrogen-bond donors (Lipinski definition) is 0. The summed E-state index contributed by atoms with van der Waals surface area (Å²) < 4.78 is 10.3. The Kier molecular flexibility index (Phi) is 8.46. The molecular weight excluding hydrogens is 335 g/mol. The second-order valence-electron chi connectivity index (χ2n) is 3.46. The number of methoxy groups -OCH3 is 2.